The minimum Gasteiger partial charge on any atom is -0.467 e. The van der Waals surface area contributed by atoms with Crippen LogP contribution in [-0.4, -0.2) is 33.8 Å². The van der Waals surface area contributed by atoms with Gasteiger partial charge < -0.3 is 19.6 Å². The van der Waals surface area contributed by atoms with Crippen LogP contribution in [0.2, 0.25) is 0 Å². The number of para-hydroxylation sites is 1. The predicted molar refractivity (Wildman–Crippen MR) is 151 cm³/mol. The van der Waals surface area contributed by atoms with E-state index in [9.17, 15) is 9.59 Å². The third kappa shape index (κ3) is 4.40. The number of carbonyl (C=O) groups is 2. The molecule has 2 heterocycles. The number of hydrogen-bond acceptors (Lipinski definition) is 3. The molecule has 6 nitrogen and oxygen atoms in total. The molecular weight excluding hydrogens is 486 g/mol. The average molecular weight is 528 g/mol. The Balaban J connectivity index is 1.08. The molecule has 2 amide bonds. The molecule has 2 aromatic heterocycles. The maximum atomic E-state index is 13.9. The molecule has 0 aliphatic heterocycles. The van der Waals surface area contributed by atoms with Crippen molar-refractivity contribution in [2.75, 3.05) is 6.54 Å². The molecule has 5 aliphatic rings. The molecular formula is C33H41N3O3. The Bertz CT molecular complexity index is 1370. The molecule has 1 aromatic carbocycles. The van der Waals surface area contributed by atoms with Gasteiger partial charge in [0.25, 0.3) is 0 Å². The fraction of sp³-hybridized carbons (Fsp3) is 0.576. The number of nitrogens with zero attached hydrogens (tertiary/aromatic N) is 1. The zero-order chi connectivity index (χ0) is 26.9. The number of aromatic amines is 1. The molecule has 2 atom stereocenters. The van der Waals surface area contributed by atoms with E-state index < -0.39 is 0 Å². The zero-order valence-corrected chi connectivity index (χ0v) is 23.5. The first-order valence-corrected chi connectivity index (χ1v) is 14.9. The van der Waals surface area contributed by atoms with Gasteiger partial charge in [-0.15, -0.1) is 0 Å². The molecule has 2 N–H and O–H groups in total. The first-order chi connectivity index (χ1) is 18.7. The van der Waals surface area contributed by atoms with Crippen LogP contribution >= 0.6 is 0 Å². The summed E-state index contributed by atoms with van der Waals surface area (Å²) in [5.74, 6) is 3.56. The summed E-state index contributed by atoms with van der Waals surface area (Å²) in [4.78, 5) is 32.6. The van der Waals surface area contributed by atoms with E-state index in [1.165, 1.54) is 35.9 Å². The van der Waals surface area contributed by atoms with Crippen LogP contribution in [0.1, 0.15) is 81.7 Å². The second kappa shape index (κ2) is 9.00. The molecule has 206 valence electrons. The third-order valence-electron chi connectivity index (χ3n) is 10.8. The number of aromatic nitrogens is 1. The summed E-state index contributed by atoms with van der Waals surface area (Å²) in [6.45, 7) is 7.09. The van der Waals surface area contributed by atoms with Crippen LogP contribution in [0.4, 0.5) is 0 Å². The van der Waals surface area contributed by atoms with E-state index in [0.29, 0.717) is 24.6 Å². The van der Waals surface area contributed by atoms with Crippen molar-refractivity contribution in [3.63, 3.8) is 0 Å². The number of fused-ring (bicyclic) bond motifs is 1. The largest absolute Gasteiger partial charge is 0.467 e. The van der Waals surface area contributed by atoms with Crippen molar-refractivity contribution >= 4 is 22.7 Å². The van der Waals surface area contributed by atoms with E-state index in [0.717, 1.165) is 42.5 Å². The lowest BCUT2D eigenvalue weighted by atomic mass is 9.53. The lowest BCUT2D eigenvalue weighted by Crippen LogP contribution is -2.61. The van der Waals surface area contributed by atoms with E-state index in [1.54, 1.807) is 11.2 Å². The Morgan fingerprint density at radius 2 is 1.72 bits per heavy atom. The molecule has 6 heteroatoms. The first kappa shape index (κ1) is 25.0. The number of H-pyrrole nitrogens is 1. The van der Waals surface area contributed by atoms with Gasteiger partial charge in [0.2, 0.25) is 11.8 Å². The number of amides is 2. The summed E-state index contributed by atoms with van der Waals surface area (Å²) in [6, 6.07) is 12.2. The molecule has 3 aromatic rings. The van der Waals surface area contributed by atoms with E-state index in [-0.39, 0.29) is 35.2 Å². The number of hydrogen-bond donors (Lipinski definition) is 2. The van der Waals surface area contributed by atoms with Gasteiger partial charge in [-0.2, -0.15) is 0 Å². The van der Waals surface area contributed by atoms with E-state index in [1.807, 2.05) is 12.1 Å². The van der Waals surface area contributed by atoms with Crippen molar-refractivity contribution in [1.82, 2.24) is 15.2 Å². The third-order valence-corrected chi connectivity index (χ3v) is 10.8. The molecule has 0 radical (unpaired) electrons. The van der Waals surface area contributed by atoms with E-state index in [4.69, 9.17) is 4.42 Å². The van der Waals surface area contributed by atoms with E-state index in [2.05, 4.69) is 55.3 Å². The van der Waals surface area contributed by atoms with Crippen LogP contribution in [0.5, 0.6) is 0 Å². The summed E-state index contributed by atoms with van der Waals surface area (Å²) in [6.07, 6.45) is 9.41. The summed E-state index contributed by atoms with van der Waals surface area (Å²) in [5, 5.41) is 4.72. The number of rotatable bonds is 8. The fourth-order valence-corrected chi connectivity index (χ4v) is 9.31. The summed E-state index contributed by atoms with van der Waals surface area (Å²) < 4.78 is 5.61. The highest BCUT2D eigenvalue weighted by Gasteiger charge is 2.60. The van der Waals surface area contributed by atoms with Crippen LogP contribution in [0.25, 0.3) is 10.9 Å². The van der Waals surface area contributed by atoms with Crippen LogP contribution in [0, 0.1) is 36.0 Å². The second-order valence-corrected chi connectivity index (χ2v) is 13.9. The average Bonchev–Trinajstić information content (AvgIpc) is 3.24. The zero-order valence-electron chi connectivity index (χ0n) is 23.5. The highest BCUT2D eigenvalue weighted by molar-refractivity contribution is 5.88. The maximum absolute atomic E-state index is 13.9. The standard InChI is InChI=1S/C33H41N3O3/c1-20-30(25-8-4-5-9-27(25)34-20)31-26(32(31,2)3)14-29(38)36(18-24-7-6-10-39-24)19-28(37)35-33-15-21-11-22(16-33)13-23(12-21)17-33/h4-10,21-23,26,31,34H,11-19H2,1-3H3,(H,35,37)/t21?,22?,23?,26-,31+,33?/m1/s1. The van der Waals surface area contributed by atoms with Gasteiger partial charge >= 0.3 is 0 Å². The van der Waals surface area contributed by atoms with Crippen molar-refractivity contribution < 1.29 is 14.0 Å². The Kier molecular flexibility index (Phi) is 5.77. The minimum atomic E-state index is -0.0539. The number of benzene rings is 1. The first-order valence-electron chi connectivity index (χ1n) is 14.9. The van der Waals surface area contributed by atoms with Crippen LogP contribution < -0.4 is 5.32 Å². The van der Waals surface area contributed by atoms with Crippen LogP contribution in [0.15, 0.2) is 47.1 Å². The Hall–Kier alpha value is -3.02. The van der Waals surface area contributed by atoms with Gasteiger partial charge in [-0.1, -0.05) is 32.0 Å². The smallest absolute Gasteiger partial charge is 0.240 e. The van der Waals surface area contributed by atoms with Gasteiger partial charge in [0.15, 0.2) is 0 Å². The highest BCUT2D eigenvalue weighted by Crippen LogP contribution is 2.67. The Labute approximate surface area is 230 Å². The Morgan fingerprint density at radius 3 is 2.38 bits per heavy atom. The summed E-state index contributed by atoms with van der Waals surface area (Å²) in [7, 11) is 0. The number of furan rings is 1. The highest BCUT2D eigenvalue weighted by atomic mass is 16.3. The normalized spacial score (nSPS) is 31.9. The van der Waals surface area contributed by atoms with Gasteiger partial charge in [-0.05, 0) is 104 Å². The number of nitrogens with one attached hydrogen (secondary N) is 2. The van der Waals surface area contributed by atoms with Crippen molar-refractivity contribution in [1.29, 1.82) is 0 Å². The Morgan fingerprint density at radius 1 is 1.03 bits per heavy atom. The predicted octanol–water partition coefficient (Wildman–Crippen LogP) is 6.31. The van der Waals surface area contributed by atoms with Gasteiger partial charge in [0.1, 0.15) is 12.3 Å². The second-order valence-electron chi connectivity index (χ2n) is 13.9. The van der Waals surface area contributed by atoms with Gasteiger partial charge in [-0.25, -0.2) is 0 Å². The monoisotopic (exact) mass is 527 g/mol. The van der Waals surface area contributed by atoms with Crippen molar-refractivity contribution in [2.45, 2.75) is 83.7 Å². The van der Waals surface area contributed by atoms with E-state index >= 15 is 0 Å². The molecule has 8 rings (SSSR count). The van der Waals surface area contributed by atoms with Crippen molar-refractivity contribution in [3.05, 3.63) is 59.7 Å². The number of aryl methyl sites for hydroxylation is 1. The molecule has 0 unspecified atom stereocenters. The maximum Gasteiger partial charge on any atom is 0.240 e. The molecule has 4 bridgehead atoms. The molecule has 5 fully saturated rings. The summed E-state index contributed by atoms with van der Waals surface area (Å²) >= 11 is 0. The van der Waals surface area contributed by atoms with Gasteiger partial charge in [0.05, 0.1) is 12.8 Å². The van der Waals surface area contributed by atoms with Gasteiger partial charge in [-0.3, -0.25) is 9.59 Å². The lowest BCUT2D eigenvalue weighted by Gasteiger charge is -2.57. The quantitative estimate of drug-likeness (QED) is 0.360. The lowest BCUT2D eigenvalue weighted by molar-refractivity contribution is -0.139. The minimum absolute atomic E-state index is 0.0171. The number of carbonyl (C=O) groups excluding carboxylic acids is 2. The SMILES string of the molecule is Cc1[nH]c2ccccc2c1[C@@H]1[C@@H](CC(=O)N(CC(=O)NC23CC4CC(CC(C4)C2)C3)Cc2ccco2)C1(C)C. The van der Waals surface area contributed by atoms with Gasteiger partial charge in [0, 0.05) is 28.6 Å². The van der Waals surface area contributed by atoms with Crippen molar-refractivity contribution in [3.8, 4) is 0 Å². The molecule has 0 saturated heterocycles. The summed E-state index contributed by atoms with van der Waals surface area (Å²) in [5.41, 5.74) is 3.64. The van der Waals surface area contributed by atoms with Crippen LogP contribution in [0.3, 0.4) is 0 Å². The molecule has 5 aliphatic carbocycles. The topological polar surface area (TPSA) is 78.3 Å². The fourth-order valence-electron chi connectivity index (χ4n) is 9.31. The molecule has 5 saturated carbocycles. The van der Waals surface area contributed by atoms with Crippen LogP contribution in [-0.2, 0) is 16.1 Å². The molecule has 0 spiro atoms. The van der Waals surface area contributed by atoms with Crippen molar-refractivity contribution in [2.24, 2.45) is 29.1 Å². The molecule has 39 heavy (non-hydrogen) atoms.